The lowest BCUT2D eigenvalue weighted by Gasteiger charge is -2.39. The number of carbonyl (C=O) groups excluding carboxylic acids is 4. The molecule has 2 aliphatic heterocycles. The normalized spacial score (nSPS) is 17.2. The second-order valence-electron chi connectivity index (χ2n) is 13.3. The van der Waals surface area contributed by atoms with Gasteiger partial charge in [0.15, 0.2) is 5.96 Å². The summed E-state index contributed by atoms with van der Waals surface area (Å²) in [7, 11) is 0. The smallest absolute Gasteiger partial charge is 0.370 e. The fourth-order valence-corrected chi connectivity index (χ4v) is 6.84. The lowest BCUT2D eigenvalue weighted by Crippen LogP contribution is -2.53. The Kier molecular flexibility index (Phi) is 13.3. The number of benzene rings is 1. The number of nitrogens with one attached hydrogen (secondary N) is 1. The zero-order valence-corrected chi connectivity index (χ0v) is 29.0. The lowest BCUT2D eigenvalue weighted by atomic mass is 9.93. The largest absolute Gasteiger partial charge is 0.419 e. The highest BCUT2D eigenvalue weighted by Crippen LogP contribution is 2.29. The molecule has 1 aliphatic carbocycles. The second-order valence-corrected chi connectivity index (χ2v) is 13.3. The Morgan fingerprint density at radius 3 is 2.12 bits per heavy atom. The summed E-state index contributed by atoms with van der Waals surface area (Å²) in [5.74, 6) is 0.964. The van der Waals surface area contributed by atoms with Crippen LogP contribution in [0.4, 0.5) is 15.3 Å². The fraction of sp³-hybridized carbons (Fsp3) is 0.556. The predicted octanol–water partition coefficient (Wildman–Crippen LogP) is 4.20. The Bertz CT molecular complexity index is 1500. The number of aromatic amines is 1. The molecular formula is C36H51N9O5. The van der Waals surface area contributed by atoms with E-state index < -0.39 is 12.2 Å². The number of ether oxygens (including phenoxy) is 1. The average molecular weight is 690 g/mol. The van der Waals surface area contributed by atoms with Gasteiger partial charge in [0.2, 0.25) is 11.8 Å². The van der Waals surface area contributed by atoms with E-state index in [1.54, 1.807) is 23.2 Å². The monoisotopic (exact) mass is 689 g/mol. The van der Waals surface area contributed by atoms with E-state index in [0.29, 0.717) is 44.8 Å². The molecule has 1 aromatic heterocycles. The number of aromatic nitrogens is 2. The summed E-state index contributed by atoms with van der Waals surface area (Å²) < 4.78 is 5.37. The molecular weight excluding hydrogens is 638 g/mol. The number of imidazole rings is 1. The summed E-state index contributed by atoms with van der Waals surface area (Å²) in [5.41, 5.74) is 14.4. The van der Waals surface area contributed by atoms with E-state index in [1.807, 2.05) is 23.2 Å². The lowest BCUT2D eigenvalue weighted by molar-refractivity contribution is -0.133. The van der Waals surface area contributed by atoms with Gasteiger partial charge < -0.3 is 40.8 Å². The summed E-state index contributed by atoms with van der Waals surface area (Å²) >= 11 is 0. The van der Waals surface area contributed by atoms with Crippen molar-refractivity contribution in [1.82, 2.24) is 29.6 Å². The fourth-order valence-electron chi connectivity index (χ4n) is 6.84. The van der Waals surface area contributed by atoms with Crippen LogP contribution < -0.4 is 11.5 Å². The van der Waals surface area contributed by atoms with Crippen LogP contribution in [0.25, 0.3) is 0 Å². The van der Waals surface area contributed by atoms with Crippen LogP contribution in [0.1, 0.15) is 82.0 Å². The number of allylic oxidation sites excluding steroid dienone is 1. The molecule has 50 heavy (non-hydrogen) atoms. The number of rotatable bonds is 9. The summed E-state index contributed by atoms with van der Waals surface area (Å²) in [6, 6.07) is 7.21. The summed E-state index contributed by atoms with van der Waals surface area (Å²) in [6.07, 6.45) is 13.7. The zero-order chi connectivity index (χ0) is 35.3. The third-order valence-corrected chi connectivity index (χ3v) is 9.66. The van der Waals surface area contributed by atoms with Gasteiger partial charge in [-0.1, -0.05) is 37.8 Å². The average Bonchev–Trinajstić information content (AvgIpc) is 3.62. The van der Waals surface area contributed by atoms with Crippen LogP contribution >= 0.6 is 0 Å². The Morgan fingerprint density at radius 1 is 0.780 bits per heavy atom. The Balaban J connectivity index is 1.12. The van der Waals surface area contributed by atoms with Gasteiger partial charge in [-0.3, -0.25) is 9.59 Å². The number of unbranched alkanes of at least 4 members (excludes halogenated alkanes) is 2. The summed E-state index contributed by atoms with van der Waals surface area (Å²) in [4.78, 5) is 70.8. The number of aliphatic imine (C=N–C) groups is 1. The van der Waals surface area contributed by atoms with Crippen molar-refractivity contribution in [3.63, 3.8) is 0 Å². The van der Waals surface area contributed by atoms with Crippen LogP contribution in [0, 0.1) is 0 Å². The molecule has 3 heterocycles. The van der Waals surface area contributed by atoms with Crippen LogP contribution in [0.2, 0.25) is 0 Å². The molecule has 5 rings (SSSR count). The molecule has 3 aliphatic rings. The van der Waals surface area contributed by atoms with Crippen LogP contribution in [0.5, 0.6) is 0 Å². The molecule has 0 bridgehead atoms. The highest BCUT2D eigenvalue weighted by atomic mass is 16.6. The number of hydrogen-bond acceptors (Lipinski definition) is 7. The Labute approximate surface area is 293 Å². The summed E-state index contributed by atoms with van der Waals surface area (Å²) in [5, 5.41) is 0. The van der Waals surface area contributed by atoms with Crippen molar-refractivity contribution in [2.24, 2.45) is 16.5 Å². The molecule has 270 valence electrons. The van der Waals surface area contributed by atoms with E-state index in [2.05, 4.69) is 15.0 Å². The minimum absolute atomic E-state index is 0.0312. The van der Waals surface area contributed by atoms with Crippen molar-refractivity contribution in [3.05, 3.63) is 59.3 Å². The van der Waals surface area contributed by atoms with E-state index >= 15 is 0 Å². The van der Waals surface area contributed by atoms with Crippen LogP contribution in [0.3, 0.4) is 0 Å². The van der Waals surface area contributed by atoms with Gasteiger partial charge in [0.05, 0.1) is 18.7 Å². The van der Waals surface area contributed by atoms with Gasteiger partial charge in [-0.05, 0) is 61.8 Å². The number of amides is 4. The van der Waals surface area contributed by atoms with Crippen molar-refractivity contribution in [2.45, 2.75) is 83.5 Å². The minimum Gasteiger partial charge on any atom is -0.370 e. The maximum Gasteiger partial charge on any atom is 0.419 e. The zero-order valence-electron chi connectivity index (χ0n) is 29.0. The molecule has 2 aromatic rings. The first-order valence-electron chi connectivity index (χ1n) is 18.0. The van der Waals surface area contributed by atoms with Crippen LogP contribution in [0.15, 0.2) is 52.9 Å². The predicted molar refractivity (Wildman–Crippen MR) is 189 cm³/mol. The quantitative estimate of drug-likeness (QED) is 0.151. The molecule has 3 fully saturated rings. The van der Waals surface area contributed by atoms with Gasteiger partial charge in [-0.2, -0.15) is 0 Å². The first kappa shape index (κ1) is 36.4. The van der Waals surface area contributed by atoms with Gasteiger partial charge in [-0.25, -0.2) is 19.6 Å². The molecule has 0 radical (unpaired) electrons. The van der Waals surface area contributed by atoms with Crippen molar-refractivity contribution in [1.29, 1.82) is 0 Å². The molecule has 5 N–H and O–H groups in total. The van der Waals surface area contributed by atoms with Crippen molar-refractivity contribution in [3.8, 4) is 0 Å². The number of guanidine groups is 1. The molecule has 1 aromatic carbocycles. The number of aryl methyl sites for hydroxylation is 1. The van der Waals surface area contributed by atoms with Crippen LogP contribution in [-0.2, 0) is 27.2 Å². The van der Waals surface area contributed by atoms with Crippen molar-refractivity contribution < 1.29 is 23.9 Å². The Hall–Kier alpha value is -4.88. The molecule has 14 nitrogen and oxygen atoms in total. The topological polar surface area (TPSA) is 184 Å². The van der Waals surface area contributed by atoms with E-state index in [-0.39, 0.29) is 37.3 Å². The van der Waals surface area contributed by atoms with E-state index in [1.165, 1.54) is 21.8 Å². The highest BCUT2D eigenvalue weighted by molar-refractivity contribution is 5.85. The van der Waals surface area contributed by atoms with Crippen molar-refractivity contribution >= 4 is 35.6 Å². The second kappa shape index (κ2) is 18.2. The highest BCUT2D eigenvalue weighted by Gasteiger charge is 2.33. The van der Waals surface area contributed by atoms with E-state index in [0.717, 1.165) is 81.3 Å². The number of piperazine rings is 2. The molecule has 4 amide bonds. The van der Waals surface area contributed by atoms with E-state index in [4.69, 9.17) is 16.2 Å². The molecule has 2 saturated heterocycles. The standard InChI is InChI=1S/C36H51N9O5/c37-34(38)41-29-15-13-27(14-16-29)25-33(47)45-24-23-44(26-30(45)28-9-5-2-1-3-6-10-28)36(49)50-35(48)43-21-19-42(20-22-43)32(46)12-8-4-7-11-31-39-17-18-40-31/h13-18H,1-12,19-26H2,(H,39,40)(H4,37,38,41). The molecule has 0 atom stereocenters. The number of hydrogen-bond donors (Lipinski definition) is 3. The maximum absolute atomic E-state index is 13.7. The number of carbonyl (C=O) groups is 4. The van der Waals surface area contributed by atoms with Gasteiger partial charge >= 0.3 is 12.2 Å². The first-order valence-corrected chi connectivity index (χ1v) is 18.0. The van der Waals surface area contributed by atoms with Crippen molar-refractivity contribution in [2.75, 3.05) is 45.8 Å². The minimum atomic E-state index is -0.714. The molecule has 14 heteroatoms. The third-order valence-electron chi connectivity index (χ3n) is 9.66. The number of H-pyrrole nitrogens is 1. The SMILES string of the molecule is NC(N)=Nc1ccc(CC(=O)N2CCN(C(=O)OC(=O)N3CCN(C(=O)CCCCCc4ncc[nH]4)CC3)CC2=C2CCCCCCC2)cc1. The number of nitrogens with two attached hydrogens (primary N) is 2. The van der Waals surface area contributed by atoms with Gasteiger partial charge in [0, 0.05) is 70.2 Å². The summed E-state index contributed by atoms with van der Waals surface area (Å²) in [6.45, 7) is 2.20. The van der Waals surface area contributed by atoms with Crippen LogP contribution in [-0.4, -0.2) is 105 Å². The van der Waals surface area contributed by atoms with E-state index in [9.17, 15) is 19.2 Å². The van der Waals surface area contributed by atoms with Gasteiger partial charge in [0.25, 0.3) is 0 Å². The first-order chi connectivity index (χ1) is 24.3. The van der Waals surface area contributed by atoms with Gasteiger partial charge in [0.1, 0.15) is 5.82 Å². The van der Waals surface area contributed by atoms with Gasteiger partial charge in [-0.15, -0.1) is 0 Å². The molecule has 1 saturated carbocycles. The maximum atomic E-state index is 13.7. The third kappa shape index (κ3) is 10.6. The molecule has 0 spiro atoms. The Morgan fingerprint density at radius 2 is 1.44 bits per heavy atom. The number of nitrogens with zero attached hydrogens (tertiary/aromatic N) is 6. The molecule has 0 unspecified atom stereocenters.